The fraction of sp³-hybridized carbons (Fsp3) is 0.600. The van der Waals surface area contributed by atoms with Crippen LogP contribution in [-0.2, 0) is 9.53 Å². The molecule has 92 valence electrons. The first-order valence-corrected chi connectivity index (χ1v) is 5.15. The summed E-state index contributed by atoms with van der Waals surface area (Å²) in [6, 6.07) is 0.220. The van der Waals surface area contributed by atoms with E-state index in [1.54, 1.807) is 0 Å². The van der Waals surface area contributed by atoms with E-state index in [-0.39, 0.29) is 17.5 Å². The molecule has 0 spiro atoms. The summed E-state index contributed by atoms with van der Waals surface area (Å²) in [6.45, 7) is 1.44. The predicted octanol–water partition coefficient (Wildman–Crippen LogP) is -0.651. The second-order valence-corrected chi connectivity index (χ2v) is 3.21. The van der Waals surface area contributed by atoms with Crippen LogP contribution >= 0.6 is 0 Å². The van der Waals surface area contributed by atoms with Gasteiger partial charge in [0.05, 0.1) is 12.2 Å². The van der Waals surface area contributed by atoms with Gasteiger partial charge in [0.2, 0.25) is 0 Å². The molecule has 0 aromatic rings. The Labute approximate surface area is 95.5 Å². The molecule has 1 heterocycles. The summed E-state index contributed by atoms with van der Waals surface area (Å²) in [6.07, 6.45) is 4.08. The van der Waals surface area contributed by atoms with E-state index in [1.807, 2.05) is 0 Å². The first-order chi connectivity index (χ1) is 7.74. The highest BCUT2D eigenvalue weighted by atomic mass is 16.5. The number of rotatable bonds is 4. The van der Waals surface area contributed by atoms with Gasteiger partial charge in [-0.1, -0.05) is 0 Å². The fourth-order valence-corrected chi connectivity index (χ4v) is 1.26. The Morgan fingerprint density at radius 1 is 1.56 bits per heavy atom. The minimum absolute atomic E-state index is 0.176. The van der Waals surface area contributed by atoms with E-state index >= 15 is 0 Å². The lowest BCUT2D eigenvalue weighted by Gasteiger charge is -2.22. The van der Waals surface area contributed by atoms with Crippen LogP contribution < -0.4 is 16.8 Å². The number of nitrogens with one attached hydrogen (secondary N) is 2. The average molecular weight is 228 g/mol. The maximum Gasteiger partial charge on any atom is 0.155 e. The Morgan fingerprint density at radius 3 is 2.69 bits per heavy atom. The predicted molar refractivity (Wildman–Crippen MR) is 63.1 cm³/mol. The second kappa shape index (κ2) is 8.87. The zero-order chi connectivity index (χ0) is 12.4. The molecule has 1 atom stereocenters. The van der Waals surface area contributed by atoms with Crippen LogP contribution in [0.4, 0.5) is 0 Å². The van der Waals surface area contributed by atoms with Crippen molar-refractivity contribution < 1.29 is 9.53 Å². The normalized spacial score (nSPS) is 20.4. The number of carbonyl (C=O) groups is 1. The molecule has 1 rings (SSSR count). The maximum absolute atomic E-state index is 10.5. The van der Waals surface area contributed by atoms with Gasteiger partial charge in [-0.2, -0.15) is 0 Å². The third kappa shape index (κ3) is 5.47. The van der Waals surface area contributed by atoms with Crippen molar-refractivity contribution in [3.63, 3.8) is 0 Å². The molecule has 6 heteroatoms. The molecular formula is C10H20N4O2. The van der Waals surface area contributed by atoms with Crippen molar-refractivity contribution in [1.82, 2.24) is 5.32 Å². The zero-order valence-electron chi connectivity index (χ0n) is 9.53. The Hall–Kier alpha value is -1.40. The number of nitrogens with two attached hydrogens (primary N) is 2. The molecular weight excluding hydrogens is 208 g/mol. The number of hydrogen-bond acceptors (Lipinski definition) is 5. The van der Waals surface area contributed by atoms with E-state index in [0.717, 1.165) is 19.4 Å². The van der Waals surface area contributed by atoms with E-state index in [0.29, 0.717) is 12.9 Å². The van der Waals surface area contributed by atoms with Crippen LogP contribution in [0.1, 0.15) is 12.8 Å². The molecule has 6 nitrogen and oxygen atoms in total. The lowest BCUT2D eigenvalue weighted by molar-refractivity contribution is -0.104. The highest BCUT2D eigenvalue weighted by Crippen LogP contribution is 2.05. The van der Waals surface area contributed by atoms with Gasteiger partial charge in [-0.3, -0.25) is 10.2 Å². The van der Waals surface area contributed by atoms with E-state index in [9.17, 15) is 4.79 Å². The molecule has 0 aromatic carbocycles. The third-order valence-electron chi connectivity index (χ3n) is 2.07. The van der Waals surface area contributed by atoms with E-state index in [1.165, 1.54) is 13.2 Å². The molecule has 0 saturated carbocycles. The monoisotopic (exact) mass is 228 g/mol. The second-order valence-electron chi connectivity index (χ2n) is 3.21. The van der Waals surface area contributed by atoms with Crippen LogP contribution in [0.5, 0.6) is 0 Å². The molecule has 1 saturated heterocycles. The quantitative estimate of drug-likeness (QED) is 0.221. The highest BCUT2D eigenvalue weighted by Gasteiger charge is 2.11. The molecule has 1 unspecified atom stereocenters. The maximum atomic E-state index is 10.5. The van der Waals surface area contributed by atoms with Crippen molar-refractivity contribution in [1.29, 1.82) is 5.41 Å². The molecule has 16 heavy (non-hydrogen) atoms. The van der Waals surface area contributed by atoms with Gasteiger partial charge in [0.15, 0.2) is 6.29 Å². The van der Waals surface area contributed by atoms with Crippen molar-refractivity contribution in [3.05, 3.63) is 11.8 Å². The topological polar surface area (TPSA) is 114 Å². The van der Waals surface area contributed by atoms with Gasteiger partial charge in [0.1, 0.15) is 5.84 Å². The summed E-state index contributed by atoms with van der Waals surface area (Å²) in [5.41, 5.74) is 9.85. The van der Waals surface area contributed by atoms with Crippen LogP contribution in [0.15, 0.2) is 11.8 Å². The van der Waals surface area contributed by atoms with E-state index < -0.39 is 0 Å². The van der Waals surface area contributed by atoms with Gasteiger partial charge in [-0.05, 0) is 19.9 Å². The SMILES string of the molecule is CN.N=C(N)/C(C=O)=C\NC1CCCOC1. The van der Waals surface area contributed by atoms with Crippen LogP contribution in [-0.4, -0.2) is 38.4 Å². The highest BCUT2D eigenvalue weighted by molar-refractivity contribution is 6.11. The minimum Gasteiger partial charge on any atom is -0.385 e. The summed E-state index contributed by atoms with van der Waals surface area (Å²) in [4.78, 5) is 10.5. The summed E-state index contributed by atoms with van der Waals surface area (Å²) >= 11 is 0. The lowest BCUT2D eigenvalue weighted by Crippen LogP contribution is -2.34. The Morgan fingerprint density at radius 2 is 2.25 bits per heavy atom. The van der Waals surface area contributed by atoms with Crippen LogP contribution in [0, 0.1) is 5.41 Å². The van der Waals surface area contributed by atoms with Crippen molar-refractivity contribution >= 4 is 12.1 Å². The number of carbonyl (C=O) groups excluding carboxylic acids is 1. The van der Waals surface area contributed by atoms with Gasteiger partial charge in [-0.25, -0.2) is 0 Å². The van der Waals surface area contributed by atoms with Crippen molar-refractivity contribution in [3.8, 4) is 0 Å². The molecule has 1 aliphatic rings. The molecule has 0 radical (unpaired) electrons. The molecule has 0 bridgehead atoms. The number of aldehydes is 1. The summed E-state index contributed by atoms with van der Waals surface area (Å²) in [5.74, 6) is -0.218. The Balaban J connectivity index is 0.00000106. The Bertz CT molecular complexity index is 247. The first kappa shape index (κ1) is 14.6. The summed E-state index contributed by atoms with van der Waals surface area (Å²) in [5, 5.41) is 10.1. The summed E-state index contributed by atoms with van der Waals surface area (Å²) in [7, 11) is 1.50. The summed E-state index contributed by atoms with van der Waals surface area (Å²) < 4.78 is 5.24. The molecule has 1 fully saturated rings. The van der Waals surface area contributed by atoms with Gasteiger partial charge >= 0.3 is 0 Å². The molecule has 6 N–H and O–H groups in total. The molecule has 0 aromatic heterocycles. The van der Waals surface area contributed by atoms with Gasteiger partial charge in [0.25, 0.3) is 0 Å². The number of ether oxygens (including phenoxy) is 1. The third-order valence-corrected chi connectivity index (χ3v) is 2.07. The fourth-order valence-electron chi connectivity index (χ4n) is 1.26. The van der Waals surface area contributed by atoms with Crippen molar-refractivity contribution in [2.24, 2.45) is 11.5 Å². The number of amidine groups is 1. The molecule has 1 aliphatic heterocycles. The number of hydrogen-bond donors (Lipinski definition) is 4. The van der Waals surface area contributed by atoms with Crippen LogP contribution in [0.3, 0.4) is 0 Å². The minimum atomic E-state index is -0.218. The van der Waals surface area contributed by atoms with Gasteiger partial charge in [-0.15, -0.1) is 0 Å². The van der Waals surface area contributed by atoms with Crippen LogP contribution in [0.2, 0.25) is 0 Å². The molecule has 0 aliphatic carbocycles. The standard InChI is InChI=1S/C9H15N3O2.CH5N/c10-9(11)7(5-13)4-12-8-2-1-3-14-6-8;1-2/h4-5,8,12H,1-3,6H2,(H3,10,11);2H2,1H3/b7-4-;. The van der Waals surface area contributed by atoms with E-state index in [2.05, 4.69) is 11.1 Å². The van der Waals surface area contributed by atoms with Crippen LogP contribution in [0.25, 0.3) is 0 Å². The molecule has 0 amide bonds. The van der Waals surface area contributed by atoms with Gasteiger partial charge in [0, 0.05) is 18.8 Å². The van der Waals surface area contributed by atoms with Crippen molar-refractivity contribution in [2.45, 2.75) is 18.9 Å². The lowest BCUT2D eigenvalue weighted by atomic mass is 10.1. The smallest absolute Gasteiger partial charge is 0.155 e. The Kier molecular flexibility index (Phi) is 8.10. The average Bonchev–Trinajstić information content (AvgIpc) is 2.33. The van der Waals surface area contributed by atoms with Crippen molar-refractivity contribution in [2.75, 3.05) is 20.3 Å². The first-order valence-electron chi connectivity index (χ1n) is 5.15. The van der Waals surface area contributed by atoms with Gasteiger partial charge < -0.3 is 21.5 Å². The van der Waals surface area contributed by atoms with E-state index in [4.69, 9.17) is 15.9 Å². The zero-order valence-corrected chi connectivity index (χ0v) is 9.53. The largest absolute Gasteiger partial charge is 0.385 e.